The van der Waals surface area contributed by atoms with E-state index >= 15 is 0 Å². The van der Waals surface area contributed by atoms with Crippen molar-refractivity contribution < 1.29 is 9.90 Å². The Balaban J connectivity index is 3.03. The van der Waals surface area contributed by atoms with Gasteiger partial charge in [-0.05, 0) is 32.4 Å². The number of aromatic nitrogens is 1. The molecule has 0 aliphatic heterocycles. The number of aryl methyl sites for hydroxylation is 1. The van der Waals surface area contributed by atoms with E-state index < -0.39 is 0 Å². The predicted octanol–water partition coefficient (Wildman–Crippen LogP) is 2.53. The largest absolute Gasteiger partial charge is 0.395 e. The molecule has 0 spiro atoms. The van der Waals surface area contributed by atoms with Gasteiger partial charge in [-0.1, -0.05) is 24.9 Å². The van der Waals surface area contributed by atoms with Crippen LogP contribution in [0.15, 0.2) is 12.1 Å². The third-order valence-corrected chi connectivity index (χ3v) is 3.02. The van der Waals surface area contributed by atoms with Crippen molar-refractivity contribution >= 4 is 17.5 Å². The van der Waals surface area contributed by atoms with E-state index in [0.29, 0.717) is 17.3 Å². The van der Waals surface area contributed by atoms with E-state index in [-0.39, 0.29) is 18.6 Å². The molecule has 0 atom stereocenters. The Morgan fingerprint density at radius 1 is 1.47 bits per heavy atom. The summed E-state index contributed by atoms with van der Waals surface area (Å²) in [6, 6.07) is 3.39. The minimum absolute atomic E-state index is 0.0289. The van der Waals surface area contributed by atoms with Crippen LogP contribution in [0, 0.1) is 0 Å². The van der Waals surface area contributed by atoms with Gasteiger partial charge in [-0.25, -0.2) is 4.98 Å². The molecule has 0 aliphatic rings. The number of aliphatic hydroxyl groups excluding tert-OH is 1. The molecule has 1 amide bonds. The summed E-state index contributed by atoms with van der Waals surface area (Å²) in [5.74, 6) is -0.120. The molecule has 0 bridgehead atoms. The van der Waals surface area contributed by atoms with Crippen molar-refractivity contribution in [3.63, 3.8) is 0 Å². The second-order valence-corrected chi connectivity index (χ2v) is 5.12. The molecule has 1 heterocycles. The van der Waals surface area contributed by atoms with Gasteiger partial charge in [-0.2, -0.15) is 0 Å². The van der Waals surface area contributed by atoms with Crippen molar-refractivity contribution in [3.05, 3.63) is 28.5 Å². The summed E-state index contributed by atoms with van der Waals surface area (Å²) in [6.45, 7) is 6.16. The number of hydrogen-bond donors (Lipinski definition) is 1. The first-order valence-corrected chi connectivity index (χ1v) is 6.95. The monoisotopic (exact) mass is 284 g/mol. The van der Waals surface area contributed by atoms with Crippen LogP contribution in [-0.2, 0) is 6.42 Å². The van der Waals surface area contributed by atoms with Gasteiger partial charge in [0.2, 0.25) is 0 Å². The normalized spacial score (nSPS) is 10.8. The highest BCUT2D eigenvalue weighted by molar-refractivity contribution is 6.29. The highest BCUT2D eigenvalue weighted by Crippen LogP contribution is 2.15. The highest BCUT2D eigenvalue weighted by atomic mass is 35.5. The van der Waals surface area contributed by atoms with E-state index in [9.17, 15) is 4.79 Å². The number of halogens is 1. The van der Waals surface area contributed by atoms with Gasteiger partial charge in [0, 0.05) is 23.8 Å². The number of carbonyl (C=O) groups excluding carboxylic acids is 1. The first-order chi connectivity index (χ1) is 8.99. The third kappa shape index (κ3) is 4.48. The molecule has 1 N–H and O–H groups in total. The molecule has 1 aromatic rings. The molecule has 0 saturated heterocycles. The van der Waals surface area contributed by atoms with E-state index in [1.807, 2.05) is 13.8 Å². The fraction of sp³-hybridized carbons (Fsp3) is 0.571. The first-order valence-electron chi connectivity index (χ1n) is 6.57. The summed E-state index contributed by atoms with van der Waals surface area (Å²) in [4.78, 5) is 18.2. The number of aliphatic hydroxyl groups is 1. The first kappa shape index (κ1) is 15.9. The van der Waals surface area contributed by atoms with E-state index in [1.165, 1.54) is 0 Å². The number of pyridine rings is 1. The Kier molecular flexibility index (Phi) is 6.25. The minimum Gasteiger partial charge on any atom is -0.395 e. The molecule has 0 saturated carbocycles. The molecule has 0 unspecified atom stereocenters. The van der Waals surface area contributed by atoms with Crippen LogP contribution in [-0.4, -0.2) is 40.1 Å². The van der Waals surface area contributed by atoms with Crippen LogP contribution in [0.3, 0.4) is 0 Å². The minimum atomic E-state index is -0.120. The van der Waals surface area contributed by atoms with E-state index in [2.05, 4.69) is 11.9 Å². The van der Waals surface area contributed by atoms with Gasteiger partial charge in [-0.3, -0.25) is 4.79 Å². The number of carbonyl (C=O) groups is 1. The molecule has 19 heavy (non-hydrogen) atoms. The maximum absolute atomic E-state index is 12.4. The lowest BCUT2D eigenvalue weighted by molar-refractivity contribution is 0.0665. The number of nitrogens with zero attached hydrogens (tertiary/aromatic N) is 2. The van der Waals surface area contributed by atoms with Crippen LogP contribution in [0.1, 0.15) is 43.2 Å². The third-order valence-electron chi connectivity index (χ3n) is 2.83. The van der Waals surface area contributed by atoms with Gasteiger partial charge in [0.1, 0.15) is 5.15 Å². The van der Waals surface area contributed by atoms with Crippen LogP contribution in [0.2, 0.25) is 5.15 Å². The Morgan fingerprint density at radius 3 is 2.68 bits per heavy atom. The highest BCUT2D eigenvalue weighted by Gasteiger charge is 2.19. The maximum atomic E-state index is 12.4. The number of rotatable bonds is 6. The van der Waals surface area contributed by atoms with Gasteiger partial charge in [-0.15, -0.1) is 0 Å². The zero-order valence-electron chi connectivity index (χ0n) is 11.7. The number of amides is 1. The molecule has 0 aliphatic carbocycles. The van der Waals surface area contributed by atoms with Gasteiger partial charge in [0.25, 0.3) is 5.91 Å². The topological polar surface area (TPSA) is 53.4 Å². The lowest BCUT2D eigenvalue weighted by atomic mass is 10.1. The zero-order valence-corrected chi connectivity index (χ0v) is 12.4. The quantitative estimate of drug-likeness (QED) is 0.817. The Morgan fingerprint density at radius 2 is 2.16 bits per heavy atom. The fourth-order valence-corrected chi connectivity index (χ4v) is 2.15. The van der Waals surface area contributed by atoms with Crippen molar-refractivity contribution in [2.24, 2.45) is 0 Å². The predicted molar refractivity (Wildman–Crippen MR) is 76.5 cm³/mol. The Hall–Kier alpha value is -1.13. The summed E-state index contributed by atoms with van der Waals surface area (Å²) < 4.78 is 0. The SMILES string of the molecule is CCCc1cc(C(=O)N(CCO)C(C)C)cc(Cl)n1. The lowest BCUT2D eigenvalue weighted by Gasteiger charge is -2.26. The van der Waals surface area contributed by atoms with Crippen LogP contribution in [0.4, 0.5) is 0 Å². The molecule has 106 valence electrons. The summed E-state index contributed by atoms with van der Waals surface area (Å²) in [5, 5.41) is 9.38. The molecule has 0 radical (unpaired) electrons. The average molecular weight is 285 g/mol. The van der Waals surface area contributed by atoms with Gasteiger partial charge >= 0.3 is 0 Å². The van der Waals surface area contributed by atoms with Crippen LogP contribution in [0.5, 0.6) is 0 Å². The Labute approximate surface area is 119 Å². The smallest absolute Gasteiger partial charge is 0.254 e. The second-order valence-electron chi connectivity index (χ2n) is 4.74. The molecule has 5 heteroatoms. The molecule has 0 fully saturated rings. The summed E-state index contributed by atoms with van der Waals surface area (Å²) in [5.41, 5.74) is 1.36. The van der Waals surface area contributed by atoms with Crippen molar-refractivity contribution in [2.75, 3.05) is 13.2 Å². The lowest BCUT2D eigenvalue weighted by Crippen LogP contribution is -2.39. The van der Waals surface area contributed by atoms with Gasteiger partial charge in [0.15, 0.2) is 0 Å². The van der Waals surface area contributed by atoms with Gasteiger partial charge < -0.3 is 10.0 Å². The van der Waals surface area contributed by atoms with Crippen LogP contribution in [0.25, 0.3) is 0 Å². The number of hydrogen-bond acceptors (Lipinski definition) is 3. The maximum Gasteiger partial charge on any atom is 0.254 e. The van der Waals surface area contributed by atoms with E-state index in [0.717, 1.165) is 18.5 Å². The van der Waals surface area contributed by atoms with Crippen molar-refractivity contribution in [3.8, 4) is 0 Å². The Bertz CT molecular complexity index is 435. The van der Waals surface area contributed by atoms with Crippen molar-refractivity contribution in [2.45, 2.75) is 39.7 Å². The zero-order chi connectivity index (χ0) is 14.4. The molecular formula is C14H21ClN2O2. The summed E-state index contributed by atoms with van der Waals surface area (Å²) in [7, 11) is 0. The average Bonchev–Trinajstić information content (AvgIpc) is 2.34. The standard InChI is InChI=1S/C14H21ClN2O2/c1-4-5-12-8-11(9-13(15)16-12)14(19)17(6-7-18)10(2)3/h8-10,18H,4-7H2,1-3H3. The van der Waals surface area contributed by atoms with Crippen LogP contribution >= 0.6 is 11.6 Å². The van der Waals surface area contributed by atoms with Crippen molar-refractivity contribution in [1.82, 2.24) is 9.88 Å². The second kappa shape index (κ2) is 7.46. The summed E-state index contributed by atoms with van der Waals surface area (Å²) in [6.07, 6.45) is 1.74. The molecule has 1 rings (SSSR count). The molecule has 0 aromatic carbocycles. The molecule has 4 nitrogen and oxygen atoms in total. The van der Waals surface area contributed by atoms with E-state index in [4.69, 9.17) is 16.7 Å². The van der Waals surface area contributed by atoms with Crippen molar-refractivity contribution in [1.29, 1.82) is 0 Å². The van der Waals surface area contributed by atoms with Crippen LogP contribution < -0.4 is 0 Å². The fourth-order valence-electron chi connectivity index (χ4n) is 1.93. The molecular weight excluding hydrogens is 264 g/mol. The van der Waals surface area contributed by atoms with Gasteiger partial charge in [0.05, 0.1) is 6.61 Å². The summed E-state index contributed by atoms with van der Waals surface area (Å²) >= 11 is 5.96. The van der Waals surface area contributed by atoms with E-state index in [1.54, 1.807) is 17.0 Å². The molecule has 1 aromatic heterocycles.